The summed E-state index contributed by atoms with van der Waals surface area (Å²) in [5.41, 5.74) is 6.39. The van der Waals surface area contributed by atoms with E-state index in [0.29, 0.717) is 0 Å². The van der Waals surface area contributed by atoms with Crippen molar-refractivity contribution in [2.45, 2.75) is 20.8 Å². The first-order valence-electron chi connectivity index (χ1n) is 10.8. The maximum atomic E-state index is 4.07. The number of nitrogens with zero attached hydrogens (tertiary/aromatic N) is 1. The summed E-state index contributed by atoms with van der Waals surface area (Å²) in [6.45, 7) is 12.7. The van der Waals surface area contributed by atoms with E-state index in [9.17, 15) is 0 Å². The summed E-state index contributed by atoms with van der Waals surface area (Å²) in [6.07, 6.45) is 0. The van der Waals surface area contributed by atoms with Gasteiger partial charge in [0, 0.05) is 18.8 Å². The van der Waals surface area contributed by atoms with Crippen LogP contribution < -0.4 is 15.3 Å². The highest BCUT2D eigenvalue weighted by molar-refractivity contribution is 5.98. The Morgan fingerprint density at radius 1 is 0.767 bits per heavy atom. The number of rotatable bonds is 5. The second kappa shape index (κ2) is 8.59. The van der Waals surface area contributed by atoms with Crippen LogP contribution in [-0.4, -0.2) is 13.1 Å². The molecule has 0 N–H and O–H groups in total. The minimum absolute atomic E-state index is 1.01. The van der Waals surface area contributed by atoms with Gasteiger partial charge in [-0.1, -0.05) is 79.4 Å². The average molecular weight is 392 g/mol. The number of benzene rings is 4. The van der Waals surface area contributed by atoms with E-state index in [-0.39, 0.29) is 0 Å². The summed E-state index contributed by atoms with van der Waals surface area (Å²) in [7, 11) is 0. The predicted octanol–water partition coefficient (Wildman–Crippen LogP) is 5.65. The molecule has 4 aromatic rings. The molecule has 1 nitrogen and oxygen atoms in total. The highest BCUT2D eigenvalue weighted by atomic mass is 15.1. The minimum atomic E-state index is 1.01. The SMILES string of the molecule is C=c1ccc(=C(c2ccc(N(CC)CC)cc2C)c2cccc3ccccc23)cc1. The van der Waals surface area contributed by atoms with Crippen molar-refractivity contribution in [3.8, 4) is 0 Å². The van der Waals surface area contributed by atoms with Crippen LogP contribution in [0.3, 0.4) is 0 Å². The van der Waals surface area contributed by atoms with Crippen molar-refractivity contribution in [3.05, 3.63) is 112 Å². The van der Waals surface area contributed by atoms with Gasteiger partial charge in [-0.2, -0.15) is 0 Å². The summed E-state index contributed by atoms with van der Waals surface area (Å²) >= 11 is 0. The van der Waals surface area contributed by atoms with Crippen molar-refractivity contribution in [2.24, 2.45) is 0 Å². The Labute approximate surface area is 179 Å². The Balaban J connectivity index is 2.02. The van der Waals surface area contributed by atoms with Crippen LogP contribution in [0.15, 0.2) is 84.9 Å². The molecular formula is C29H29N. The summed E-state index contributed by atoms with van der Waals surface area (Å²) in [5.74, 6) is 0. The fourth-order valence-corrected chi connectivity index (χ4v) is 4.28. The van der Waals surface area contributed by atoms with E-state index >= 15 is 0 Å². The van der Waals surface area contributed by atoms with Gasteiger partial charge in [0.25, 0.3) is 0 Å². The summed E-state index contributed by atoms with van der Waals surface area (Å²) in [6, 6.07) is 30.7. The van der Waals surface area contributed by atoms with Gasteiger partial charge in [0.2, 0.25) is 0 Å². The fraction of sp³-hybridized carbons (Fsp3) is 0.172. The maximum absolute atomic E-state index is 4.07. The molecule has 0 amide bonds. The number of hydrogen-bond acceptors (Lipinski definition) is 1. The van der Waals surface area contributed by atoms with Crippen LogP contribution in [-0.2, 0) is 0 Å². The van der Waals surface area contributed by atoms with Crippen molar-refractivity contribution in [2.75, 3.05) is 18.0 Å². The van der Waals surface area contributed by atoms with E-state index in [1.807, 2.05) is 0 Å². The van der Waals surface area contributed by atoms with Crippen LogP contribution in [0.5, 0.6) is 0 Å². The van der Waals surface area contributed by atoms with Crippen LogP contribution >= 0.6 is 0 Å². The van der Waals surface area contributed by atoms with Gasteiger partial charge in [0.15, 0.2) is 0 Å². The normalized spacial score (nSPS) is 10.9. The minimum Gasteiger partial charge on any atom is -0.372 e. The van der Waals surface area contributed by atoms with E-state index in [0.717, 1.165) is 18.3 Å². The van der Waals surface area contributed by atoms with Crippen molar-refractivity contribution < 1.29 is 0 Å². The van der Waals surface area contributed by atoms with E-state index in [4.69, 9.17) is 0 Å². The lowest BCUT2D eigenvalue weighted by atomic mass is 9.89. The third-order valence-electron chi connectivity index (χ3n) is 5.91. The first-order chi connectivity index (χ1) is 14.6. The van der Waals surface area contributed by atoms with Crippen LogP contribution in [0.25, 0.3) is 22.9 Å². The third kappa shape index (κ3) is 3.76. The van der Waals surface area contributed by atoms with Crippen LogP contribution in [0.2, 0.25) is 0 Å². The molecule has 4 rings (SSSR count). The van der Waals surface area contributed by atoms with Gasteiger partial charge in [-0.15, -0.1) is 0 Å². The summed E-state index contributed by atoms with van der Waals surface area (Å²) in [4.78, 5) is 2.39. The average Bonchev–Trinajstić information content (AvgIpc) is 2.77. The second-order valence-corrected chi connectivity index (χ2v) is 7.77. The zero-order valence-corrected chi connectivity index (χ0v) is 18.2. The Morgan fingerprint density at radius 2 is 1.47 bits per heavy atom. The fourth-order valence-electron chi connectivity index (χ4n) is 4.28. The molecule has 150 valence electrons. The van der Waals surface area contributed by atoms with Crippen molar-refractivity contribution >= 4 is 28.6 Å². The molecule has 0 bridgehead atoms. The molecule has 0 aliphatic carbocycles. The first kappa shape index (κ1) is 20.0. The molecule has 0 radical (unpaired) electrons. The number of anilines is 1. The van der Waals surface area contributed by atoms with Gasteiger partial charge >= 0.3 is 0 Å². The molecule has 0 atom stereocenters. The molecule has 0 aliphatic rings. The predicted molar refractivity (Wildman–Crippen MR) is 132 cm³/mol. The van der Waals surface area contributed by atoms with Gasteiger partial charge in [-0.25, -0.2) is 0 Å². The van der Waals surface area contributed by atoms with Crippen LogP contribution in [0, 0.1) is 6.92 Å². The number of hydrogen-bond donors (Lipinski definition) is 0. The molecule has 0 saturated heterocycles. The topological polar surface area (TPSA) is 3.24 Å². The highest BCUT2D eigenvalue weighted by Gasteiger charge is 2.13. The Kier molecular flexibility index (Phi) is 5.72. The largest absolute Gasteiger partial charge is 0.372 e. The maximum Gasteiger partial charge on any atom is 0.0369 e. The van der Waals surface area contributed by atoms with E-state index in [2.05, 4.69) is 117 Å². The zero-order chi connectivity index (χ0) is 21.1. The molecule has 4 aromatic carbocycles. The lowest BCUT2D eigenvalue weighted by molar-refractivity contribution is 0.865. The lowest BCUT2D eigenvalue weighted by Gasteiger charge is -2.23. The smallest absolute Gasteiger partial charge is 0.0369 e. The molecule has 0 spiro atoms. The van der Waals surface area contributed by atoms with Crippen molar-refractivity contribution in [3.63, 3.8) is 0 Å². The number of fused-ring (bicyclic) bond motifs is 1. The van der Waals surface area contributed by atoms with Gasteiger partial charge in [-0.05, 0) is 76.4 Å². The zero-order valence-electron chi connectivity index (χ0n) is 18.2. The highest BCUT2D eigenvalue weighted by Crippen LogP contribution is 2.31. The first-order valence-corrected chi connectivity index (χ1v) is 10.8. The molecule has 0 fully saturated rings. The van der Waals surface area contributed by atoms with Gasteiger partial charge in [0.05, 0.1) is 0 Å². The van der Waals surface area contributed by atoms with E-state index in [1.54, 1.807) is 0 Å². The van der Waals surface area contributed by atoms with E-state index in [1.165, 1.54) is 43.9 Å². The molecule has 0 heterocycles. The molecule has 0 unspecified atom stereocenters. The Morgan fingerprint density at radius 3 is 2.17 bits per heavy atom. The molecule has 1 heteroatoms. The summed E-state index contributed by atoms with van der Waals surface area (Å²) < 4.78 is 0. The quantitative estimate of drug-likeness (QED) is 0.425. The Bertz CT molecular complexity index is 1270. The monoisotopic (exact) mass is 391 g/mol. The van der Waals surface area contributed by atoms with Crippen LogP contribution in [0.4, 0.5) is 5.69 Å². The van der Waals surface area contributed by atoms with E-state index < -0.39 is 0 Å². The van der Waals surface area contributed by atoms with Gasteiger partial charge in [-0.3, -0.25) is 0 Å². The molecule has 0 aliphatic heterocycles. The number of aryl methyl sites for hydroxylation is 1. The summed E-state index contributed by atoms with van der Waals surface area (Å²) in [5, 5.41) is 4.79. The van der Waals surface area contributed by atoms with Crippen LogP contribution in [0.1, 0.15) is 30.5 Å². The Hall–Kier alpha value is -3.32. The molecule has 0 aromatic heterocycles. The standard InChI is InChI=1S/C29H29N/c1-5-30(6-2)25-18-19-26(22(4)20-25)29(24-16-14-21(3)15-17-24)28-13-9-11-23-10-7-8-12-27(23)28/h7-20H,3,5-6H2,1-2,4H3. The lowest BCUT2D eigenvalue weighted by Crippen LogP contribution is -2.22. The van der Waals surface area contributed by atoms with Crippen molar-refractivity contribution in [1.82, 2.24) is 0 Å². The second-order valence-electron chi connectivity index (χ2n) is 7.77. The van der Waals surface area contributed by atoms with Gasteiger partial charge in [0.1, 0.15) is 0 Å². The third-order valence-corrected chi connectivity index (χ3v) is 5.91. The molecular weight excluding hydrogens is 362 g/mol. The molecule has 0 saturated carbocycles. The molecule has 30 heavy (non-hydrogen) atoms. The van der Waals surface area contributed by atoms with Crippen molar-refractivity contribution in [1.29, 1.82) is 0 Å². The van der Waals surface area contributed by atoms with Gasteiger partial charge < -0.3 is 4.90 Å².